The zero-order valence-electron chi connectivity index (χ0n) is 12.7. The van der Waals surface area contributed by atoms with Gasteiger partial charge in [0.25, 0.3) is 10.0 Å². The number of nitrogens with zero attached hydrogens (tertiary/aromatic N) is 4. The Balaban J connectivity index is 2.07. The number of aryl methyl sites for hydroxylation is 1. The van der Waals surface area contributed by atoms with E-state index < -0.39 is 10.0 Å². The van der Waals surface area contributed by atoms with Crippen molar-refractivity contribution >= 4 is 10.0 Å². The molecular weight excluding hydrogens is 276 g/mol. The van der Waals surface area contributed by atoms with Crippen LogP contribution in [0.25, 0.3) is 0 Å². The van der Waals surface area contributed by atoms with E-state index in [1.165, 1.54) is 10.6 Å². The molecular formula is C13H24N4O2S. The van der Waals surface area contributed by atoms with Crippen molar-refractivity contribution in [3.05, 3.63) is 12.5 Å². The highest BCUT2D eigenvalue weighted by atomic mass is 32.2. The highest BCUT2D eigenvalue weighted by molar-refractivity contribution is 7.89. The van der Waals surface area contributed by atoms with E-state index in [1.54, 1.807) is 24.9 Å². The van der Waals surface area contributed by atoms with E-state index in [2.05, 4.69) is 23.7 Å². The van der Waals surface area contributed by atoms with E-state index in [1.807, 2.05) is 0 Å². The van der Waals surface area contributed by atoms with Gasteiger partial charge < -0.3 is 9.47 Å². The molecule has 6 nitrogen and oxygen atoms in total. The Morgan fingerprint density at radius 1 is 1.35 bits per heavy atom. The first-order valence-electron chi connectivity index (χ1n) is 7.02. The lowest BCUT2D eigenvalue weighted by molar-refractivity contribution is 0.140. The molecule has 114 valence electrons. The molecule has 7 heteroatoms. The number of rotatable bonds is 4. The second-order valence-corrected chi connectivity index (χ2v) is 7.70. The van der Waals surface area contributed by atoms with Crippen LogP contribution in [0, 0.1) is 0 Å². The summed E-state index contributed by atoms with van der Waals surface area (Å²) in [5.41, 5.74) is 0. The van der Waals surface area contributed by atoms with Crippen LogP contribution in [0.2, 0.25) is 0 Å². The molecule has 0 amide bonds. The molecule has 0 spiro atoms. The van der Waals surface area contributed by atoms with Crippen LogP contribution in [-0.2, 0) is 17.1 Å². The Hall–Kier alpha value is -0.920. The van der Waals surface area contributed by atoms with Crippen molar-refractivity contribution in [2.24, 2.45) is 7.05 Å². The second-order valence-electron chi connectivity index (χ2n) is 5.76. The Bertz CT molecular complexity index is 544. The van der Waals surface area contributed by atoms with Crippen molar-refractivity contribution in [2.45, 2.75) is 43.8 Å². The summed E-state index contributed by atoms with van der Waals surface area (Å²) in [6, 6.07) is 0.589. The van der Waals surface area contributed by atoms with Gasteiger partial charge >= 0.3 is 0 Å². The summed E-state index contributed by atoms with van der Waals surface area (Å²) < 4.78 is 28.1. The summed E-state index contributed by atoms with van der Waals surface area (Å²) in [6.45, 7) is 6.25. The number of likely N-dealkylation sites (tertiary alicyclic amines) is 1. The highest BCUT2D eigenvalue weighted by Gasteiger charge is 2.32. The minimum atomic E-state index is -3.47. The van der Waals surface area contributed by atoms with Gasteiger partial charge in [-0.15, -0.1) is 0 Å². The van der Waals surface area contributed by atoms with Crippen LogP contribution < -0.4 is 0 Å². The standard InChI is InChI=1S/C13H24N4O2S/c1-11(2)17-7-5-12(6-8-17)16(4)20(18,19)13-9-15(3)10-14-13/h9-12H,5-8H2,1-4H3. The molecule has 0 N–H and O–H groups in total. The van der Waals surface area contributed by atoms with Gasteiger partial charge in [-0.3, -0.25) is 0 Å². The first-order valence-corrected chi connectivity index (χ1v) is 8.46. The Kier molecular flexibility index (Phi) is 4.51. The minimum absolute atomic E-state index is 0.0667. The lowest BCUT2D eigenvalue weighted by Crippen LogP contribution is -2.47. The van der Waals surface area contributed by atoms with Crippen molar-refractivity contribution in [3.63, 3.8) is 0 Å². The first kappa shape index (κ1) is 15.5. The van der Waals surface area contributed by atoms with E-state index in [9.17, 15) is 8.42 Å². The SMILES string of the molecule is CC(C)N1CCC(N(C)S(=O)(=O)c2cn(C)cn2)CC1. The summed E-state index contributed by atoms with van der Waals surface area (Å²) in [5, 5.41) is 0.133. The third-order valence-corrected chi connectivity index (χ3v) is 5.86. The molecule has 1 saturated heterocycles. The third-order valence-electron chi connectivity index (χ3n) is 4.07. The third kappa shape index (κ3) is 3.05. The van der Waals surface area contributed by atoms with Gasteiger partial charge in [-0.1, -0.05) is 0 Å². The molecule has 0 atom stereocenters. The van der Waals surface area contributed by atoms with Crippen LogP contribution in [0.4, 0.5) is 0 Å². The van der Waals surface area contributed by atoms with E-state index >= 15 is 0 Å². The van der Waals surface area contributed by atoms with Gasteiger partial charge in [-0.05, 0) is 39.8 Å². The van der Waals surface area contributed by atoms with Gasteiger partial charge in [0.05, 0.1) is 6.33 Å². The van der Waals surface area contributed by atoms with Crippen LogP contribution in [-0.4, -0.2) is 59.4 Å². The van der Waals surface area contributed by atoms with E-state index in [0.29, 0.717) is 6.04 Å². The van der Waals surface area contributed by atoms with Crippen molar-refractivity contribution in [3.8, 4) is 0 Å². The zero-order chi connectivity index (χ0) is 14.9. The maximum Gasteiger partial charge on any atom is 0.262 e. The Morgan fingerprint density at radius 2 is 1.95 bits per heavy atom. The van der Waals surface area contributed by atoms with Crippen LogP contribution >= 0.6 is 0 Å². The number of aromatic nitrogens is 2. The summed E-state index contributed by atoms with van der Waals surface area (Å²) >= 11 is 0. The van der Waals surface area contributed by atoms with Gasteiger partial charge in [-0.2, -0.15) is 4.31 Å². The topological polar surface area (TPSA) is 58.4 Å². The van der Waals surface area contributed by atoms with Crippen LogP contribution in [0.15, 0.2) is 17.6 Å². The number of hydrogen-bond donors (Lipinski definition) is 0. The zero-order valence-corrected chi connectivity index (χ0v) is 13.5. The summed E-state index contributed by atoms with van der Waals surface area (Å²) in [5.74, 6) is 0. The maximum atomic E-state index is 12.5. The summed E-state index contributed by atoms with van der Waals surface area (Å²) in [7, 11) is -0.0353. The fourth-order valence-electron chi connectivity index (χ4n) is 2.63. The van der Waals surface area contributed by atoms with E-state index in [0.717, 1.165) is 25.9 Å². The molecule has 0 aliphatic carbocycles. The summed E-state index contributed by atoms with van der Waals surface area (Å²) in [4.78, 5) is 6.36. The average Bonchev–Trinajstić information content (AvgIpc) is 2.85. The van der Waals surface area contributed by atoms with Crippen molar-refractivity contribution in [2.75, 3.05) is 20.1 Å². The van der Waals surface area contributed by atoms with Crippen LogP contribution in [0.5, 0.6) is 0 Å². The average molecular weight is 300 g/mol. The molecule has 0 bridgehead atoms. The summed E-state index contributed by atoms with van der Waals surface area (Å²) in [6.07, 6.45) is 4.82. The molecule has 1 aromatic heterocycles. The Labute approximate surface area is 121 Å². The smallest absolute Gasteiger partial charge is 0.262 e. The van der Waals surface area contributed by atoms with Gasteiger partial charge in [-0.25, -0.2) is 13.4 Å². The molecule has 2 heterocycles. The number of sulfonamides is 1. The maximum absolute atomic E-state index is 12.5. The van der Waals surface area contributed by atoms with Crippen molar-refractivity contribution in [1.29, 1.82) is 0 Å². The molecule has 1 aromatic rings. The molecule has 0 aromatic carbocycles. The number of hydrogen-bond acceptors (Lipinski definition) is 4. The van der Waals surface area contributed by atoms with Crippen LogP contribution in [0.3, 0.4) is 0 Å². The Morgan fingerprint density at radius 3 is 2.40 bits per heavy atom. The monoisotopic (exact) mass is 300 g/mol. The quantitative estimate of drug-likeness (QED) is 0.829. The predicted octanol–water partition coefficient (Wildman–Crippen LogP) is 0.913. The van der Waals surface area contributed by atoms with Crippen molar-refractivity contribution in [1.82, 2.24) is 18.8 Å². The van der Waals surface area contributed by atoms with Gasteiger partial charge in [0.2, 0.25) is 0 Å². The predicted molar refractivity (Wildman–Crippen MR) is 77.9 cm³/mol. The normalized spacial score (nSPS) is 19.1. The van der Waals surface area contributed by atoms with E-state index in [-0.39, 0.29) is 11.1 Å². The molecule has 1 aliphatic rings. The molecule has 2 rings (SSSR count). The molecule has 0 radical (unpaired) electrons. The first-order chi connectivity index (χ1) is 9.32. The number of imidazole rings is 1. The van der Waals surface area contributed by atoms with Crippen molar-refractivity contribution < 1.29 is 8.42 Å². The fraction of sp³-hybridized carbons (Fsp3) is 0.769. The fourth-order valence-corrected chi connectivity index (χ4v) is 4.01. The lowest BCUT2D eigenvalue weighted by Gasteiger charge is -2.37. The van der Waals surface area contributed by atoms with Gasteiger partial charge in [0, 0.05) is 32.4 Å². The highest BCUT2D eigenvalue weighted by Crippen LogP contribution is 2.22. The molecule has 0 saturated carbocycles. The van der Waals surface area contributed by atoms with Gasteiger partial charge in [0.15, 0.2) is 5.03 Å². The van der Waals surface area contributed by atoms with Gasteiger partial charge in [0.1, 0.15) is 0 Å². The number of piperidine rings is 1. The second kappa shape index (κ2) is 5.83. The molecule has 1 aliphatic heterocycles. The lowest BCUT2D eigenvalue weighted by atomic mass is 10.0. The molecule has 20 heavy (non-hydrogen) atoms. The largest absolute Gasteiger partial charge is 0.339 e. The molecule has 1 fully saturated rings. The van der Waals surface area contributed by atoms with Crippen LogP contribution in [0.1, 0.15) is 26.7 Å². The minimum Gasteiger partial charge on any atom is -0.339 e. The van der Waals surface area contributed by atoms with E-state index in [4.69, 9.17) is 0 Å². The molecule has 0 unspecified atom stereocenters.